The Hall–Kier alpha value is -1.69. The quantitative estimate of drug-likeness (QED) is 0.665. The molecule has 3 heterocycles. The maximum Gasteiger partial charge on any atom is 0.303 e. The van der Waals surface area contributed by atoms with Crippen molar-refractivity contribution in [2.75, 3.05) is 0 Å². The van der Waals surface area contributed by atoms with Crippen LogP contribution in [0.4, 0.5) is 0 Å². The van der Waals surface area contributed by atoms with Gasteiger partial charge in [0.15, 0.2) is 29.5 Å². The van der Waals surface area contributed by atoms with Crippen molar-refractivity contribution in [1.82, 2.24) is 10.3 Å². The molecule has 144 valence electrons. The van der Waals surface area contributed by atoms with Crippen molar-refractivity contribution in [3.05, 3.63) is 0 Å². The lowest BCUT2D eigenvalue weighted by Gasteiger charge is -2.30. The zero-order chi connectivity index (χ0) is 19.2. The fourth-order valence-electron chi connectivity index (χ4n) is 3.06. The predicted molar refractivity (Wildman–Crippen MR) is 89.4 cm³/mol. The molecule has 0 aromatic rings. The van der Waals surface area contributed by atoms with Gasteiger partial charge in [0.2, 0.25) is 11.8 Å². The molecule has 10 nitrogen and oxygen atoms in total. The number of fused-ring (bicyclic) bond motifs is 1. The number of rotatable bonds is 2. The Bertz CT molecular complexity index is 668. The van der Waals surface area contributed by atoms with Crippen LogP contribution >= 0.6 is 11.8 Å². The number of ether oxygens (including phenoxy) is 4. The lowest BCUT2D eigenvalue weighted by atomic mass is 10.1. The third kappa shape index (κ3) is 3.70. The van der Waals surface area contributed by atoms with Gasteiger partial charge in [0.25, 0.3) is 0 Å². The summed E-state index contributed by atoms with van der Waals surface area (Å²) in [6.07, 6.45) is -2.89. The number of esters is 1. The molecule has 0 aromatic heterocycles. The van der Waals surface area contributed by atoms with Gasteiger partial charge in [0.05, 0.1) is 0 Å². The molecule has 1 unspecified atom stereocenters. The van der Waals surface area contributed by atoms with Gasteiger partial charge in [-0.25, -0.2) is 5.01 Å². The van der Waals surface area contributed by atoms with Crippen molar-refractivity contribution in [3.63, 3.8) is 0 Å². The fourth-order valence-corrected chi connectivity index (χ4v) is 4.28. The first-order valence-electron chi connectivity index (χ1n) is 8.08. The Labute approximate surface area is 154 Å². The van der Waals surface area contributed by atoms with Gasteiger partial charge < -0.3 is 24.3 Å². The van der Waals surface area contributed by atoms with Gasteiger partial charge in [-0.05, 0) is 13.8 Å². The SMILES string of the molecule is CC(=O)NC1=NN(C(C)=O)C([C@H]2O[C@@H]3OC(C)(C)O[C@@H]3[C@H]2OC(C)=O)S1. The van der Waals surface area contributed by atoms with Crippen LogP contribution in [0.15, 0.2) is 5.10 Å². The van der Waals surface area contributed by atoms with Gasteiger partial charge in [0.1, 0.15) is 11.5 Å². The molecule has 2 saturated heterocycles. The number of carbonyl (C=O) groups excluding carboxylic acids is 3. The van der Waals surface area contributed by atoms with E-state index in [4.69, 9.17) is 18.9 Å². The summed E-state index contributed by atoms with van der Waals surface area (Å²) in [4.78, 5) is 34.9. The van der Waals surface area contributed by atoms with Gasteiger partial charge in [-0.3, -0.25) is 14.4 Å². The second kappa shape index (κ2) is 6.80. The van der Waals surface area contributed by atoms with Crippen LogP contribution in [0.2, 0.25) is 0 Å². The third-order valence-corrected chi connectivity index (χ3v) is 5.00. The van der Waals surface area contributed by atoms with Crippen LogP contribution in [0.1, 0.15) is 34.6 Å². The van der Waals surface area contributed by atoms with Gasteiger partial charge >= 0.3 is 5.97 Å². The van der Waals surface area contributed by atoms with E-state index in [0.29, 0.717) is 0 Å². The highest BCUT2D eigenvalue weighted by atomic mass is 32.2. The molecule has 0 spiro atoms. The topological polar surface area (TPSA) is 116 Å². The minimum atomic E-state index is -0.875. The molecule has 0 bridgehead atoms. The van der Waals surface area contributed by atoms with Crippen molar-refractivity contribution in [2.24, 2.45) is 5.10 Å². The van der Waals surface area contributed by atoms with E-state index in [1.807, 2.05) is 0 Å². The van der Waals surface area contributed by atoms with Gasteiger partial charge in [-0.1, -0.05) is 11.8 Å². The smallest absolute Gasteiger partial charge is 0.303 e. The molecule has 3 aliphatic heterocycles. The number of nitrogens with one attached hydrogen (secondary N) is 1. The van der Waals surface area contributed by atoms with E-state index in [1.165, 1.54) is 25.8 Å². The molecule has 26 heavy (non-hydrogen) atoms. The molecule has 2 fully saturated rings. The number of hydrazone groups is 1. The number of amidine groups is 1. The molecule has 0 saturated carbocycles. The Morgan fingerprint density at radius 2 is 1.88 bits per heavy atom. The number of hydrogen-bond donors (Lipinski definition) is 1. The van der Waals surface area contributed by atoms with Crippen LogP contribution in [0.5, 0.6) is 0 Å². The summed E-state index contributed by atoms with van der Waals surface area (Å²) in [7, 11) is 0. The van der Waals surface area contributed by atoms with E-state index < -0.39 is 41.7 Å². The summed E-state index contributed by atoms with van der Waals surface area (Å²) in [6.45, 7) is 7.45. The van der Waals surface area contributed by atoms with Crippen LogP contribution in [-0.2, 0) is 33.3 Å². The van der Waals surface area contributed by atoms with Gasteiger partial charge in [-0.2, -0.15) is 0 Å². The minimum absolute atomic E-state index is 0.266. The Morgan fingerprint density at radius 3 is 2.46 bits per heavy atom. The summed E-state index contributed by atoms with van der Waals surface area (Å²) >= 11 is 1.14. The average molecular weight is 387 g/mol. The fraction of sp³-hybridized carbons (Fsp3) is 0.733. The van der Waals surface area contributed by atoms with Crippen molar-refractivity contribution < 1.29 is 33.3 Å². The molecular formula is C15H21N3O7S. The third-order valence-electron chi connectivity index (χ3n) is 3.89. The van der Waals surface area contributed by atoms with Crippen molar-refractivity contribution in [3.8, 4) is 0 Å². The maximum atomic E-state index is 12.0. The summed E-state index contributed by atoms with van der Waals surface area (Å²) in [6, 6.07) is 0. The highest BCUT2D eigenvalue weighted by Gasteiger charge is 2.60. The van der Waals surface area contributed by atoms with Crippen molar-refractivity contribution in [1.29, 1.82) is 0 Å². The molecule has 3 aliphatic rings. The Kier molecular flexibility index (Phi) is 4.99. The number of carbonyl (C=O) groups is 3. The van der Waals surface area contributed by atoms with E-state index in [9.17, 15) is 14.4 Å². The molecule has 3 rings (SSSR count). The van der Waals surface area contributed by atoms with E-state index >= 15 is 0 Å². The first-order chi connectivity index (χ1) is 12.1. The summed E-state index contributed by atoms with van der Waals surface area (Å²) < 4.78 is 22.9. The zero-order valence-electron chi connectivity index (χ0n) is 15.0. The van der Waals surface area contributed by atoms with E-state index in [0.717, 1.165) is 11.8 Å². The number of hydrogen-bond acceptors (Lipinski definition) is 9. The number of nitrogens with zero attached hydrogens (tertiary/aromatic N) is 2. The second-order valence-corrected chi connectivity index (χ2v) is 7.71. The standard InChI is InChI=1S/C15H21N3O7S/c1-6(19)16-14-17-18(7(2)20)12(26-14)10-9(22-8(3)21)11-13(23-10)25-15(4,5)24-11/h9-13H,1-5H3,(H,16,17,19)/t9-,10-,11+,12?,13+/m0/s1. The summed E-state index contributed by atoms with van der Waals surface area (Å²) in [5.41, 5.74) is 0. The van der Waals surface area contributed by atoms with Crippen molar-refractivity contribution in [2.45, 2.75) is 70.4 Å². The van der Waals surface area contributed by atoms with E-state index in [-0.39, 0.29) is 17.0 Å². The molecule has 0 aliphatic carbocycles. The summed E-state index contributed by atoms with van der Waals surface area (Å²) in [5.74, 6) is -2.03. The minimum Gasteiger partial charge on any atom is -0.457 e. The number of amides is 2. The molecule has 11 heteroatoms. The molecule has 1 N–H and O–H groups in total. The van der Waals surface area contributed by atoms with E-state index in [2.05, 4.69) is 10.4 Å². The number of thioether (sulfide) groups is 1. The Balaban J connectivity index is 1.83. The summed E-state index contributed by atoms with van der Waals surface area (Å²) in [5, 5.41) is 7.50. The van der Waals surface area contributed by atoms with Crippen LogP contribution < -0.4 is 5.32 Å². The maximum absolute atomic E-state index is 12.0. The van der Waals surface area contributed by atoms with Crippen LogP contribution in [0.3, 0.4) is 0 Å². The largest absolute Gasteiger partial charge is 0.457 e. The first-order valence-corrected chi connectivity index (χ1v) is 8.96. The second-order valence-electron chi connectivity index (χ2n) is 6.60. The van der Waals surface area contributed by atoms with E-state index in [1.54, 1.807) is 13.8 Å². The first kappa shape index (κ1) is 19.1. The molecule has 2 amide bonds. The molecule has 0 aromatic carbocycles. The van der Waals surface area contributed by atoms with Crippen molar-refractivity contribution >= 4 is 34.7 Å². The predicted octanol–water partition coefficient (Wildman–Crippen LogP) is 0.123. The average Bonchev–Trinajstić information content (AvgIpc) is 3.10. The van der Waals surface area contributed by atoms with Crippen LogP contribution in [0, 0.1) is 0 Å². The normalized spacial score (nSPS) is 35.0. The lowest BCUT2D eigenvalue weighted by molar-refractivity contribution is -0.221. The molecule has 5 atom stereocenters. The van der Waals surface area contributed by atoms with Crippen LogP contribution in [-0.4, -0.2) is 63.7 Å². The highest BCUT2D eigenvalue weighted by molar-refractivity contribution is 8.14. The monoisotopic (exact) mass is 387 g/mol. The Morgan fingerprint density at radius 1 is 1.19 bits per heavy atom. The molecule has 0 radical (unpaired) electrons. The lowest BCUT2D eigenvalue weighted by Crippen LogP contribution is -2.47. The molecular weight excluding hydrogens is 366 g/mol. The van der Waals surface area contributed by atoms with Crippen LogP contribution in [0.25, 0.3) is 0 Å². The van der Waals surface area contributed by atoms with Gasteiger partial charge in [-0.15, -0.1) is 5.10 Å². The van der Waals surface area contributed by atoms with Gasteiger partial charge in [0, 0.05) is 20.8 Å². The zero-order valence-corrected chi connectivity index (χ0v) is 15.9. The highest BCUT2D eigenvalue weighted by Crippen LogP contribution is 2.43.